The Balaban J connectivity index is 1.96. The van der Waals surface area contributed by atoms with Crippen LogP contribution in [0.3, 0.4) is 0 Å². The van der Waals surface area contributed by atoms with Gasteiger partial charge in [-0.3, -0.25) is 4.68 Å². The lowest BCUT2D eigenvalue weighted by Crippen LogP contribution is -2.21. The molecule has 0 bridgehead atoms. The van der Waals surface area contributed by atoms with Gasteiger partial charge in [0, 0.05) is 24.8 Å². The molecule has 0 aromatic carbocycles. The van der Waals surface area contributed by atoms with Gasteiger partial charge in [-0.05, 0) is 19.0 Å². The van der Waals surface area contributed by atoms with E-state index >= 15 is 0 Å². The summed E-state index contributed by atoms with van der Waals surface area (Å²) in [6.07, 6.45) is 4.78. The number of nitrogens with one attached hydrogen (secondary N) is 1. The summed E-state index contributed by atoms with van der Waals surface area (Å²) < 4.78 is 1.91. The van der Waals surface area contributed by atoms with E-state index in [0.717, 1.165) is 31.9 Å². The normalized spacial score (nSPS) is 10.4. The Hall–Kier alpha value is -0.540. The molecule has 3 nitrogen and oxygen atoms in total. The van der Waals surface area contributed by atoms with Crippen molar-refractivity contribution in [1.82, 2.24) is 15.1 Å². The summed E-state index contributed by atoms with van der Waals surface area (Å²) in [5.74, 6) is 0.731. The van der Waals surface area contributed by atoms with Crippen LogP contribution in [-0.2, 0) is 6.54 Å². The highest BCUT2D eigenvalue weighted by Crippen LogP contribution is 1.83. The quantitative estimate of drug-likeness (QED) is 0.534. The van der Waals surface area contributed by atoms with E-state index < -0.39 is 0 Å². The second kappa shape index (κ2) is 6.03. The fourth-order valence-corrected chi connectivity index (χ4v) is 1.08. The Bertz CT molecular complexity index is 186. The molecule has 4 heteroatoms. The molecule has 0 fully saturated rings. The molecule has 0 saturated carbocycles. The van der Waals surface area contributed by atoms with Crippen molar-refractivity contribution in [1.29, 1.82) is 0 Å². The van der Waals surface area contributed by atoms with E-state index in [0.29, 0.717) is 0 Å². The molecule has 0 aliphatic heterocycles. The van der Waals surface area contributed by atoms with Crippen LogP contribution in [0.1, 0.15) is 6.42 Å². The minimum atomic E-state index is 0.731. The number of hydrogen-bond acceptors (Lipinski definition) is 2. The van der Waals surface area contributed by atoms with Crippen LogP contribution in [0, 0.1) is 0 Å². The van der Waals surface area contributed by atoms with Gasteiger partial charge in [0.1, 0.15) is 0 Å². The van der Waals surface area contributed by atoms with Gasteiger partial charge in [-0.2, -0.15) is 5.10 Å². The smallest absolute Gasteiger partial charge is 0.0533 e. The molecular formula is C8H14ClN3. The molecule has 1 N–H and O–H groups in total. The molecule has 0 saturated heterocycles. The Kier molecular flexibility index (Phi) is 4.80. The fourth-order valence-electron chi connectivity index (χ4n) is 0.943. The van der Waals surface area contributed by atoms with Gasteiger partial charge in [0.2, 0.25) is 0 Å². The number of alkyl halides is 1. The van der Waals surface area contributed by atoms with Gasteiger partial charge in [-0.25, -0.2) is 0 Å². The average Bonchev–Trinajstić information content (AvgIpc) is 2.57. The van der Waals surface area contributed by atoms with Crippen molar-refractivity contribution in [2.24, 2.45) is 0 Å². The zero-order chi connectivity index (χ0) is 8.65. The Morgan fingerprint density at radius 3 is 3.00 bits per heavy atom. The zero-order valence-corrected chi connectivity index (χ0v) is 7.80. The number of nitrogens with zero attached hydrogens (tertiary/aromatic N) is 2. The lowest BCUT2D eigenvalue weighted by molar-refractivity contribution is 0.554. The number of aromatic nitrogens is 2. The maximum absolute atomic E-state index is 5.52. The van der Waals surface area contributed by atoms with Crippen LogP contribution in [0.2, 0.25) is 0 Å². The highest BCUT2D eigenvalue weighted by atomic mass is 35.5. The van der Waals surface area contributed by atoms with Crippen LogP contribution >= 0.6 is 11.6 Å². The lowest BCUT2D eigenvalue weighted by Gasteiger charge is -2.02. The van der Waals surface area contributed by atoms with Crippen LogP contribution in [-0.4, -0.2) is 28.8 Å². The topological polar surface area (TPSA) is 29.9 Å². The molecule has 0 radical (unpaired) electrons. The van der Waals surface area contributed by atoms with Crippen LogP contribution in [0.25, 0.3) is 0 Å². The van der Waals surface area contributed by atoms with Crippen LogP contribution < -0.4 is 5.32 Å². The van der Waals surface area contributed by atoms with Crippen molar-refractivity contribution in [2.45, 2.75) is 13.0 Å². The molecule has 0 aliphatic carbocycles. The van der Waals surface area contributed by atoms with E-state index in [1.54, 1.807) is 6.20 Å². The molecule has 0 unspecified atom stereocenters. The first-order valence-corrected chi connectivity index (χ1v) is 4.71. The Labute approximate surface area is 77.7 Å². The SMILES string of the molecule is ClCCCNCCn1cccn1. The first-order valence-electron chi connectivity index (χ1n) is 4.17. The third-order valence-electron chi connectivity index (χ3n) is 1.56. The van der Waals surface area contributed by atoms with E-state index in [-0.39, 0.29) is 0 Å². The van der Waals surface area contributed by atoms with Crippen molar-refractivity contribution < 1.29 is 0 Å². The first-order chi connectivity index (χ1) is 5.93. The van der Waals surface area contributed by atoms with E-state index in [4.69, 9.17) is 11.6 Å². The highest BCUT2D eigenvalue weighted by Gasteiger charge is 1.89. The number of hydrogen-bond donors (Lipinski definition) is 1. The van der Waals surface area contributed by atoms with E-state index in [9.17, 15) is 0 Å². The maximum atomic E-state index is 5.52. The van der Waals surface area contributed by atoms with E-state index in [1.165, 1.54) is 0 Å². The van der Waals surface area contributed by atoms with E-state index in [2.05, 4.69) is 10.4 Å². The summed E-state index contributed by atoms with van der Waals surface area (Å²) in [6, 6.07) is 1.93. The summed E-state index contributed by atoms with van der Waals surface area (Å²) in [4.78, 5) is 0. The van der Waals surface area contributed by atoms with Gasteiger partial charge in [0.05, 0.1) is 6.54 Å². The monoisotopic (exact) mass is 187 g/mol. The molecule has 0 spiro atoms. The van der Waals surface area contributed by atoms with Crippen molar-refractivity contribution in [2.75, 3.05) is 19.0 Å². The largest absolute Gasteiger partial charge is 0.315 e. The molecular weight excluding hydrogens is 174 g/mol. The van der Waals surface area contributed by atoms with Crippen molar-refractivity contribution in [3.63, 3.8) is 0 Å². The predicted octanol–water partition coefficient (Wildman–Crippen LogP) is 1.10. The van der Waals surface area contributed by atoms with Crippen LogP contribution in [0.15, 0.2) is 18.5 Å². The van der Waals surface area contributed by atoms with Crippen LogP contribution in [0.4, 0.5) is 0 Å². The van der Waals surface area contributed by atoms with Gasteiger partial charge in [0.15, 0.2) is 0 Å². The molecule has 12 heavy (non-hydrogen) atoms. The van der Waals surface area contributed by atoms with Gasteiger partial charge >= 0.3 is 0 Å². The molecule has 1 heterocycles. The van der Waals surface area contributed by atoms with Crippen molar-refractivity contribution in [3.05, 3.63) is 18.5 Å². The molecule has 0 aliphatic rings. The second-order valence-electron chi connectivity index (χ2n) is 2.56. The summed E-state index contributed by atoms with van der Waals surface area (Å²) in [5, 5.41) is 7.36. The summed E-state index contributed by atoms with van der Waals surface area (Å²) in [6.45, 7) is 2.87. The first kappa shape index (κ1) is 9.55. The minimum Gasteiger partial charge on any atom is -0.315 e. The van der Waals surface area contributed by atoms with Gasteiger partial charge in [0.25, 0.3) is 0 Å². The fraction of sp³-hybridized carbons (Fsp3) is 0.625. The van der Waals surface area contributed by atoms with Crippen molar-refractivity contribution in [3.8, 4) is 0 Å². The summed E-state index contributed by atoms with van der Waals surface area (Å²) in [7, 11) is 0. The highest BCUT2D eigenvalue weighted by molar-refractivity contribution is 6.17. The minimum absolute atomic E-state index is 0.731. The summed E-state index contributed by atoms with van der Waals surface area (Å²) in [5.41, 5.74) is 0. The van der Waals surface area contributed by atoms with Gasteiger partial charge < -0.3 is 5.32 Å². The molecule has 68 valence electrons. The maximum Gasteiger partial charge on any atom is 0.0533 e. The van der Waals surface area contributed by atoms with Crippen LogP contribution in [0.5, 0.6) is 0 Å². The Morgan fingerprint density at radius 1 is 1.42 bits per heavy atom. The predicted molar refractivity (Wildman–Crippen MR) is 50.4 cm³/mol. The Morgan fingerprint density at radius 2 is 2.33 bits per heavy atom. The van der Waals surface area contributed by atoms with Crippen molar-refractivity contribution >= 4 is 11.6 Å². The number of rotatable bonds is 6. The second-order valence-corrected chi connectivity index (χ2v) is 2.94. The molecule has 1 rings (SSSR count). The van der Waals surface area contributed by atoms with Gasteiger partial charge in [-0.15, -0.1) is 11.6 Å². The van der Waals surface area contributed by atoms with Gasteiger partial charge in [-0.1, -0.05) is 0 Å². The van der Waals surface area contributed by atoms with E-state index in [1.807, 2.05) is 16.9 Å². The molecule has 1 aromatic rings. The molecule has 0 amide bonds. The lowest BCUT2D eigenvalue weighted by atomic mass is 10.4. The number of halogens is 1. The average molecular weight is 188 g/mol. The third kappa shape index (κ3) is 3.74. The zero-order valence-electron chi connectivity index (χ0n) is 7.04. The molecule has 0 atom stereocenters. The molecule has 1 aromatic heterocycles. The standard InChI is InChI=1S/C8H14ClN3/c9-3-1-4-10-6-8-12-7-2-5-11-12/h2,5,7,10H,1,3-4,6,8H2. The summed E-state index contributed by atoms with van der Waals surface area (Å²) >= 11 is 5.52. The third-order valence-corrected chi connectivity index (χ3v) is 1.83.